The second-order valence-electron chi connectivity index (χ2n) is 2.81. The Hall–Kier alpha value is -0.720. The third-order valence-corrected chi connectivity index (χ3v) is 1.81. The summed E-state index contributed by atoms with van der Waals surface area (Å²) >= 11 is 0. The summed E-state index contributed by atoms with van der Waals surface area (Å²) in [5.74, 6) is 0. The molecule has 1 aromatic heterocycles. The van der Waals surface area contributed by atoms with Gasteiger partial charge in [-0.2, -0.15) is 0 Å². The fourth-order valence-electron chi connectivity index (χ4n) is 1.18. The molecule has 1 saturated carbocycles. The molecule has 1 aliphatic carbocycles. The highest BCUT2D eigenvalue weighted by molar-refractivity contribution is 4.84. The van der Waals surface area contributed by atoms with Crippen LogP contribution in [0.1, 0.15) is 32.1 Å². The van der Waals surface area contributed by atoms with Gasteiger partial charge in [-0.1, -0.05) is 32.1 Å². The minimum Gasteiger partial charge on any atom is -0.368 e. The van der Waals surface area contributed by atoms with Crippen LogP contribution in [0.5, 0.6) is 0 Å². The predicted molar refractivity (Wildman–Crippen MR) is 48.2 cm³/mol. The molecular weight excluding hydrogens is 134 g/mol. The van der Waals surface area contributed by atoms with Gasteiger partial charge < -0.3 is 4.98 Å². The highest BCUT2D eigenvalue weighted by Gasteiger charge is 1.95. The number of hydrogen-bond acceptors (Lipinski definition) is 0. The summed E-state index contributed by atoms with van der Waals surface area (Å²) in [6.07, 6.45) is 13.2. The normalized spacial score (nSPS) is 16.7. The average Bonchev–Trinajstić information content (AvgIpc) is 2.64. The molecule has 0 bridgehead atoms. The van der Waals surface area contributed by atoms with Crippen LogP contribution in [0.25, 0.3) is 0 Å². The molecule has 1 N–H and O–H groups in total. The number of aromatic nitrogens is 1. The van der Waals surface area contributed by atoms with Crippen LogP contribution >= 0.6 is 0 Å². The summed E-state index contributed by atoms with van der Waals surface area (Å²) in [6.45, 7) is 0. The lowest BCUT2D eigenvalue weighted by Crippen LogP contribution is -1.87. The zero-order valence-electron chi connectivity index (χ0n) is 6.92. The van der Waals surface area contributed by atoms with E-state index >= 15 is 0 Å². The second-order valence-corrected chi connectivity index (χ2v) is 2.81. The molecule has 0 spiro atoms. The molecule has 0 saturated heterocycles. The standard InChI is InChI=1S/C6H11.C4H5N/c1-2-4-6-5-3-1;1-2-4-5-3-1/h1H,2-6H2;1-5H. The van der Waals surface area contributed by atoms with Gasteiger partial charge in [-0.25, -0.2) is 0 Å². The van der Waals surface area contributed by atoms with Crippen molar-refractivity contribution in [3.63, 3.8) is 0 Å². The highest BCUT2D eigenvalue weighted by atomic mass is 14.6. The Bertz CT molecular complexity index is 111. The molecule has 0 aliphatic heterocycles. The smallest absolute Gasteiger partial charge is 0.000496 e. The summed E-state index contributed by atoms with van der Waals surface area (Å²) in [5, 5.41) is 0. The van der Waals surface area contributed by atoms with Crippen molar-refractivity contribution in [3.8, 4) is 0 Å². The minimum atomic E-state index is 1.38. The Labute approximate surface area is 68.8 Å². The fourth-order valence-corrected chi connectivity index (χ4v) is 1.18. The third-order valence-electron chi connectivity index (χ3n) is 1.81. The van der Waals surface area contributed by atoms with E-state index in [2.05, 4.69) is 11.4 Å². The average molecular weight is 150 g/mol. The maximum absolute atomic E-state index is 2.86. The fraction of sp³-hybridized carbons (Fsp3) is 0.500. The molecule has 2 rings (SSSR count). The lowest BCUT2D eigenvalue weighted by atomic mass is 10.0. The number of nitrogens with one attached hydrogen (secondary N) is 1. The molecule has 61 valence electrons. The van der Waals surface area contributed by atoms with E-state index in [1.54, 1.807) is 0 Å². The molecule has 1 nitrogen and oxygen atoms in total. The van der Waals surface area contributed by atoms with Crippen molar-refractivity contribution in [2.45, 2.75) is 32.1 Å². The molecule has 0 aromatic carbocycles. The lowest BCUT2D eigenvalue weighted by Gasteiger charge is -2.05. The monoisotopic (exact) mass is 150 g/mol. The summed E-state index contributed by atoms with van der Waals surface area (Å²) in [5.41, 5.74) is 0. The molecule has 1 radical (unpaired) electrons. The van der Waals surface area contributed by atoms with Crippen molar-refractivity contribution in [1.29, 1.82) is 0 Å². The van der Waals surface area contributed by atoms with E-state index in [1.165, 1.54) is 32.1 Å². The van der Waals surface area contributed by atoms with Gasteiger partial charge in [-0.3, -0.25) is 0 Å². The number of rotatable bonds is 0. The third kappa shape index (κ3) is 4.65. The predicted octanol–water partition coefficient (Wildman–Crippen LogP) is 3.17. The summed E-state index contributed by atoms with van der Waals surface area (Å²) in [6, 6.07) is 3.89. The number of H-pyrrole nitrogens is 1. The summed E-state index contributed by atoms with van der Waals surface area (Å²) in [7, 11) is 0. The highest BCUT2D eigenvalue weighted by Crippen LogP contribution is 2.14. The van der Waals surface area contributed by atoms with E-state index in [0.29, 0.717) is 0 Å². The van der Waals surface area contributed by atoms with Gasteiger partial charge in [0, 0.05) is 12.4 Å². The first-order chi connectivity index (χ1) is 5.50. The van der Waals surface area contributed by atoms with Crippen LogP contribution in [0.15, 0.2) is 24.5 Å². The van der Waals surface area contributed by atoms with Crippen molar-refractivity contribution < 1.29 is 0 Å². The van der Waals surface area contributed by atoms with Crippen molar-refractivity contribution >= 4 is 0 Å². The first kappa shape index (κ1) is 8.38. The molecule has 0 atom stereocenters. The Kier molecular flexibility index (Phi) is 4.58. The number of hydrogen-bond donors (Lipinski definition) is 1. The van der Waals surface area contributed by atoms with Crippen molar-refractivity contribution in [2.75, 3.05) is 0 Å². The molecule has 1 aromatic rings. The van der Waals surface area contributed by atoms with Crippen LogP contribution in [-0.2, 0) is 0 Å². The minimum absolute atomic E-state index is 1.38. The van der Waals surface area contributed by atoms with Gasteiger partial charge in [0.2, 0.25) is 0 Å². The Morgan fingerprint density at radius 2 is 1.45 bits per heavy atom. The first-order valence-corrected chi connectivity index (χ1v) is 4.39. The van der Waals surface area contributed by atoms with Gasteiger partial charge in [-0.15, -0.1) is 0 Å². The molecule has 1 fully saturated rings. The number of aromatic amines is 1. The quantitative estimate of drug-likeness (QED) is 0.584. The van der Waals surface area contributed by atoms with Gasteiger partial charge in [0.05, 0.1) is 0 Å². The van der Waals surface area contributed by atoms with Crippen molar-refractivity contribution in [1.82, 2.24) is 4.98 Å². The van der Waals surface area contributed by atoms with Crippen LogP contribution in [0, 0.1) is 6.42 Å². The maximum atomic E-state index is 2.86. The zero-order valence-corrected chi connectivity index (χ0v) is 6.92. The molecule has 1 heteroatoms. The van der Waals surface area contributed by atoms with Gasteiger partial charge >= 0.3 is 0 Å². The van der Waals surface area contributed by atoms with E-state index in [0.717, 1.165) is 0 Å². The van der Waals surface area contributed by atoms with Crippen LogP contribution < -0.4 is 0 Å². The van der Waals surface area contributed by atoms with Crippen LogP contribution in [0.4, 0.5) is 0 Å². The topological polar surface area (TPSA) is 15.8 Å². The van der Waals surface area contributed by atoms with Gasteiger partial charge in [-0.05, 0) is 18.6 Å². The van der Waals surface area contributed by atoms with Gasteiger partial charge in [0.1, 0.15) is 0 Å². The largest absolute Gasteiger partial charge is 0.368 e. The molecular formula is C10H16N. The molecule has 1 aliphatic rings. The van der Waals surface area contributed by atoms with E-state index in [4.69, 9.17) is 0 Å². The van der Waals surface area contributed by atoms with Crippen molar-refractivity contribution in [3.05, 3.63) is 30.9 Å². The molecule has 1 heterocycles. The van der Waals surface area contributed by atoms with E-state index in [1.807, 2.05) is 24.5 Å². The maximum Gasteiger partial charge on any atom is 0.000496 e. The van der Waals surface area contributed by atoms with Crippen molar-refractivity contribution in [2.24, 2.45) is 0 Å². The molecule has 11 heavy (non-hydrogen) atoms. The van der Waals surface area contributed by atoms with Crippen LogP contribution in [-0.4, -0.2) is 4.98 Å². The Morgan fingerprint density at radius 3 is 1.64 bits per heavy atom. The lowest BCUT2D eigenvalue weighted by molar-refractivity contribution is 0.593. The van der Waals surface area contributed by atoms with Crippen LogP contribution in [0.3, 0.4) is 0 Å². The SMILES string of the molecule is [CH]1CCCCC1.c1cc[nH]c1. The molecule has 0 amide bonds. The Morgan fingerprint density at radius 1 is 0.818 bits per heavy atom. The second kappa shape index (κ2) is 6.02. The van der Waals surface area contributed by atoms with E-state index < -0.39 is 0 Å². The zero-order chi connectivity index (χ0) is 7.78. The Balaban J connectivity index is 0.000000112. The van der Waals surface area contributed by atoms with Gasteiger partial charge in [0.25, 0.3) is 0 Å². The van der Waals surface area contributed by atoms with E-state index in [-0.39, 0.29) is 0 Å². The summed E-state index contributed by atoms with van der Waals surface area (Å²) < 4.78 is 0. The van der Waals surface area contributed by atoms with Crippen LogP contribution in [0.2, 0.25) is 0 Å². The summed E-state index contributed by atoms with van der Waals surface area (Å²) in [4.78, 5) is 2.86. The van der Waals surface area contributed by atoms with Gasteiger partial charge in [0.15, 0.2) is 0 Å². The van der Waals surface area contributed by atoms with E-state index in [9.17, 15) is 0 Å². The first-order valence-electron chi connectivity index (χ1n) is 4.39. The molecule has 0 unspecified atom stereocenters.